The van der Waals surface area contributed by atoms with Gasteiger partial charge < -0.3 is 4.74 Å². The summed E-state index contributed by atoms with van der Waals surface area (Å²) in [6.45, 7) is 1.11. The quantitative estimate of drug-likeness (QED) is 0.680. The average molecular weight is 242 g/mol. The van der Waals surface area contributed by atoms with E-state index in [-0.39, 0.29) is 17.7 Å². The van der Waals surface area contributed by atoms with E-state index in [2.05, 4.69) is 0 Å². The zero-order valence-corrected chi connectivity index (χ0v) is 9.85. The van der Waals surface area contributed by atoms with E-state index < -0.39 is 10.0 Å². The number of piperidine rings is 1. The zero-order valence-electron chi connectivity index (χ0n) is 8.28. The van der Waals surface area contributed by atoms with Crippen LogP contribution in [0.4, 0.5) is 0 Å². The fourth-order valence-electron chi connectivity index (χ4n) is 1.57. The number of methoxy groups -OCH3 is 1. The lowest BCUT2D eigenvalue weighted by molar-refractivity contribution is 0.0605. The standard InChI is InChI=1S/C8H16ClNO3S/c1-13-8-2-5-10(6-3-8)14(11,12)7-4-9/h8H,2-7H2,1H3. The molecule has 14 heavy (non-hydrogen) atoms. The van der Waals surface area contributed by atoms with Gasteiger partial charge in [-0.15, -0.1) is 11.6 Å². The molecule has 0 unspecified atom stereocenters. The SMILES string of the molecule is COC1CCN(S(=O)(=O)CCCl)CC1. The molecule has 0 atom stereocenters. The Balaban J connectivity index is 2.49. The molecule has 4 nitrogen and oxygen atoms in total. The van der Waals surface area contributed by atoms with Gasteiger partial charge in [-0.3, -0.25) is 0 Å². The highest BCUT2D eigenvalue weighted by Gasteiger charge is 2.27. The summed E-state index contributed by atoms with van der Waals surface area (Å²) >= 11 is 5.43. The third-order valence-electron chi connectivity index (χ3n) is 2.46. The van der Waals surface area contributed by atoms with E-state index in [1.54, 1.807) is 7.11 Å². The molecule has 1 saturated heterocycles. The predicted molar refractivity (Wildman–Crippen MR) is 56.1 cm³/mol. The van der Waals surface area contributed by atoms with E-state index in [0.717, 1.165) is 12.8 Å². The van der Waals surface area contributed by atoms with Crippen LogP contribution in [0.5, 0.6) is 0 Å². The number of hydrogen-bond acceptors (Lipinski definition) is 3. The molecule has 0 N–H and O–H groups in total. The Morgan fingerprint density at radius 2 is 2.00 bits per heavy atom. The van der Waals surface area contributed by atoms with E-state index >= 15 is 0 Å². The molecule has 6 heteroatoms. The molecule has 0 bridgehead atoms. The van der Waals surface area contributed by atoms with Crippen molar-refractivity contribution in [2.75, 3.05) is 31.8 Å². The van der Waals surface area contributed by atoms with Crippen molar-refractivity contribution in [3.8, 4) is 0 Å². The molecule has 0 aromatic rings. The van der Waals surface area contributed by atoms with Crippen LogP contribution in [0.3, 0.4) is 0 Å². The summed E-state index contributed by atoms with van der Waals surface area (Å²) in [7, 11) is -1.46. The van der Waals surface area contributed by atoms with Crippen molar-refractivity contribution in [1.29, 1.82) is 0 Å². The fraction of sp³-hybridized carbons (Fsp3) is 1.00. The van der Waals surface area contributed by atoms with Gasteiger partial charge in [0.05, 0.1) is 11.9 Å². The first-order valence-corrected chi connectivity index (χ1v) is 6.81. The zero-order chi connectivity index (χ0) is 10.6. The molecule has 84 valence electrons. The molecule has 1 rings (SSSR count). The minimum atomic E-state index is -3.12. The second-order valence-corrected chi connectivity index (χ2v) is 5.81. The molecular formula is C8H16ClNO3S. The van der Waals surface area contributed by atoms with Crippen LogP contribution in [0, 0.1) is 0 Å². The Labute approximate surface area is 90.2 Å². The van der Waals surface area contributed by atoms with Crippen LogP contribution < -0.4 is 0 Å². The summed E-state index contributed by atoms with van der Waals surface area (Å²) in [5.74, 6) is 0.193. The van der Waals surface area contributed by atoms with Gasteiger partial charge in [-0.05, 0) is 12.8 Å². The number of halogens is 1. The molecule has 0 radical (unpaired) electrons. The molecule has 1 heterocycles. The molecule has 1 fully saturated rings. The maximum Gasteiger partial charge on any atom is 0.215 e. The van der Waals surface area contributed by atoms with Gasteiger partial charge in [-0.25, -0.2) is 12.7 Å². The van der Waals surface area contributed by atoms with Crippen molar-refractivity contribution in [2.24, 2.45) is 0 Å². The van der Waals surface area contributed by atoms with Gasteiger partial charge in [-0.1, -0.05) is 0 Å². The third kappa shape index (κ3) is 3.08. The molecular weight excluding hydrogens is 226 g/mol. The average Bonchev–Trinajstić information content (AvgIpc) is 2.18. The van der Waals surface area contributed by atoms with Gasteiger partial charge in [0.1, 0.15) is 0 Å². The summed E-state index contributed by atoms with van der Waals surface area (Å²) in [6, 6.07) is 0. The molecule has 0 aromatic carbocycles. The summed E-state index contributed by atoms with van der Waals surface area (Å²) in [5, 5.41) is 0. The topological polar surface area (TPSA) is 46.6 Å². The molecule has 0 saturated carbocycles. The van der Waals surface area contributed by atoms with Gasteiger partial charge in [0.25, 0.3) is 0 Å². The number of sulfonamides is 1. The van der Waals surface area contributed by atoms with E-state index in [0.29, 0.717) is 13.1 Å². The molecule has 1 aliphatic rings. The maximum atomic E-state index is 11.6. The van der Waals surface area contributed by atoms with Crippen molar-refractivity contribution in [2.45, 2.75) is 18.9 Å². The van der Waals surface area contributed by atoms with Crippen molar-refractivity contribution in [1.82, 2.24) is 4.31 Å². The number of alkyl halides is 1. The Morgan fingerprint density at radius 3 is 2.43 bits per heavy atom. The van der Waals surface area contributed by atoms with E-state index in [1.165, 1.54) is 4.31 Å². The lowest BCUT2D eigenvalue weighted by atomic mass is 10.1. The summed E-state index contributed by atoms with van der Waals surface area (Å²) in [6.07, 6.45) is 1.76. The van der Waals surface area contributed by atoms with Gasteiger partial charge in [-0.2, -0.15) is 0 Å². The van der Waals surface area contributed by atoms with Crippen LogP contribution in [0.2, 0.25) is 0 Å². The molecule has 0 aromatic heterocycles. The number of hydrogen-bond donors (Lipinski definition) is 0. The van der Waals surface area contributed by atoms with Crippen molar-refractivity contribution >= 4 is 21.6 Å². The summed E-state index contributed by atoms with van der Waals surface area (Å²) in [5.41, 5.74) is 0. The Bertz CT molecular complexity index is 260. The fourth-order valence-corrected chi connectivity index (χ4v) is 3.38. The second kappa shape index (κ2) is 5.30. The molecule has 0 aliphatic carbocycles. The largest absolute Gasteiger partial charge is 0.381 e. The van der Waals surface area contributed by atoms with Crippen LogP contribution in [0.25, 0.3) is 0 Å². The smallest absolute Gasteiger partial charge is 0.215 e. The van der Waals surface area contributed by atoms with Gasteiger partial charge in [0.2, 0.25) is 10.0 Å². The second-order valence-electron chi connectivity index (χ2n) is 3.34. The van der Waals surface area contributed by atoms with E-state index in [9.17, 15) is 8.42 Å². The molecule has 1 aliphatic heterocycles. The highest BCUT2D eigenvalue weighted by Crippen LogP contribution is 2.16. The first kappa shape index (κ1) is 12.2. The number of ether oxygens (including phenoxy) is 1. The van der Waals surface area contributed by atoms with Gasteiger partial charge in [0.15, 0.2) is 0 Å². The molecule has 0 spiro atoms. The van der Waals surface area contributed by atoms with Crippen LogP contribution in [-0.4, -0.2) is 50.7 Å². The highest BCUT2D eigenvalue weighted by atomic mass is 35.5. The summed E-state index contributed by atoms with van der Waals surface area (Å²) < 4.78 is 29.8. The van der Waals surface area contributed by atoms with Gasteiger partial charge >= 0.3 is 0 Å². The van der Waals surface area contributed by atoms with E-state index in [4.69, 9.17) is 16.3 Å². The van der Waals surface area contributed by atoms with Crippen LogP contribution in [0.15, 0.2) is 0 Å². The monoisotopic (exact) mass is 241 g/mol. The van der Waals surface area contributed by atoms with Crippen molar-refractivity contribution in [3.63, 3.8) is 0 Å². The van der Waals surface area contributed by atoms with Crippen molar-refractivity contribution in [3.05, 3.63) is 0 Å². The minimum Gasteiger partial charge on any atom is -0.381 e. The Kier molecular flexibility index (Phi) is 4.63. The number of rotatable bonds is 4. The normalized spacial score (nSPS) is 21.3. The van der Waals surface area contributed by atoms with Gasteiger partial charge in [0, 0.05) is 26.1 Å². The minimum absolute atomic E-state index is 0.0339. The first-order chi connectivity index (χ1) is 6.60. The number of nitrogens with zero attached hydrogens (tertiary/aromatic N) is 1. The summed E-state index contributed by atoms with van der Waals surface area (Å²) in [4.78, 5) is 0. The van der Waals surface area contributed by atoms with E-state index in [1.807, 2.05) is 0 Å². The van der Waals surface area contributed by atoms with Crippen molar-refractivity contribution < 1.29 is 13.2 Å². The van der Waals surface area contributed by atoms with Crippen LogP contribution in [-0.2, 0) is 14.8 Å². The Morgan fingerprint density at radius 1 is 1.43 bits per heavy atom. The predicted octanol–water partition coefficient (Wildman–Crippen LogP) is 0.666. The molecule has 0 amide bonds. The lowest BCUT2D eigenvalue weighted by Gasteiger charge is -2.30. The third-order valence-corrected chi connectivity index (χ3v) is 4.75. The van der Waals surface area contributed by atoms with Crippen LogP contribution in [0.1, 0.15) is 12.8 Å². The lowest BCUT2D eigenvalue weighted by Crippen LogP contribution is -2.41. The Hall–Kier alpha value is 0.160. The highest BCUT2D eigenvalue weighted by molar-refractivity contribution is 7.89. The maximum absolute atomic E-state index is 11.6. The first-order valence-electron chi connectivity index (χ1n) is 4.66. The van der Waals surface area contributed by atoms with Crippen LogP contribution >= 0.6 is 11.6 Å².